The lowest BCUT2D eigenvalue weighted by atomic mass is 10.2. The number of carbonyl (C=O) groups is 1. The average Bonchev–Trinajstić information content (AvgIpc) is 2.80. The summed E-state index contributed by atoms with van der Waals surface area (Å²) in [5.74, 6) is 0.735. The van der Waals surface area contributed by atoms with Crippen LogP contribution in [0.4, 0.5) is 22.1 Å². The maximum absolute atomic E-state index is 12.7. The smallest absolute Gasteiger partial charge is 0.326 e. The number of nitrogens with zero attached hydrogens (tertiary/aromatic N) is 5. The van der Waals surface area contributed by atoms with Crippen molar-refractivity contribution in [3.63, 3.8) is 0 Å². The average molecular weight is 464 g/mol. The molecule has 9 heteroatoms. The first-order valence-corrected chi connectivity index (χ1v) is 11.1. The van der Waals surface area contributed by atoms with Gasteiger partial charge in [-0.05, 0) is 56.3 Å². The largest absolute Gasteiger partial charge is 0.368 e. The number of piperazine rings is 1. The van der Waals surface area contributed by atoms with Crippen molar-refractivity contribution in [1.29, 1.82) is 0 Å². The normalized spacial score (nSPS) is 14.2. The zero-order valence-corrected chi connectivity index (χ0v) is 19.4. The number of hydrogen-bond acceptors (Lipinski definition) is 5. The van der Waals surface area contributed by atoms with Crippen molar-refractivity contribution in [1.82, 2.24) is 20.2 Å². The number of anilines is 2. The summed E-state index contributed by atoms with van der Waals surface area (Å²) >= 11 is 5.93. The van der Waals surface area contributed by atoms with Crippen molar-refractivity contribution in [2.24, 2.45) is 4.99 Å². The van der Waals surface area contributed by atoms with E-state index in [1.165, 1.54) is 5.69 Å². The maximum Gasteiger partial charge on any atom is 0.326 e. The van der Waals surface area contributed by atoms with Crippen LogP contribution in [0.3, 0.4) is 0 Å². The molecule has 0 saturated carbocycles. The molecule has 0 bridgehead atoms. The molecular weight excluding hydrogens is 438 g/mol. The van der Waals surface area contributed by atoms with Gasteiger partial charge in [-0.25, -0.2) is 14.8 Å². The summed E-state index contributed by atoms with van der Waals surface area (Å²) in [4.78, 5) is 30.5. The minimum atomic E-state index is -0.397. The Labute approximate surface area is 198 Å². The lowest BCUT2D eigenvalue weighted by Crippen LogP contribution is -2.54. The van der Waals surface area contributed by atoms with Crippen molar-refractivity contribution >= 4 is 40.9 Å². The second-order valence-corrected chi connectivity index (χ2v) is 8.22. The molecule has 0 radical (unpaired) electrons. The first-order valence-electron chi connectivity index (χ1n) is 10.8. The Kier molecular flexibility index (Phi) is 7.04. The molecule has 33 heavy (non-hydrogen) atoms. The van der Waals surface area contributed by atoms with Gasteiger partial charge in [-0.3, -0.25) is 5.32 Å². The van der Waals surface area contributed by atoms with E-state index in [-0.39, 0.29) is 0 Å². The van der Waals surface area contributed by atoms with Gasteiger partial charge in [0.2, 0.25) is 5.96 Å². The van der Waals surface area contributed by atoms with Crippen LogP contribution in [0, 0.1) is 13.8 Å². The van der Waals surface area contributed by atoms with E-state index in [0.717, 1.165) is 24.5 Å². The van der Waals surface area contributed by atoms with Crippen molar-refractivity contribution in [2.45, 2.75) is 13.8 Å². The number of carbonyl (C=O) groups excluding carboxylic acids is 1. The van der Waals surface area contributed by atoms with Gasteiger partial charge in [-0.15, -0.1) is 0 Å². The van der Waals surface area contributed by atoms with E-state index in [4.69, 9.17) is 11.6 Å². The van der Waals surface area contributed by atoms with Crippen molar-refractivity contribution < 1.29 is 4.79 Å². The number of guanidine groups is 1. The van der Waals surface area contributed by atoms with E-state index in [0.29, 0.717) is 35.7 Å². The SMILES string of the molecule is Cc1cc(C)nc(/N=C(/NC(=O)Nc2ccc(Cl)cc2)N2CCN(c3ccccc3)CC2)n1. The number of nitrogens with one attached hydrogen (secondary N) is 2. The predicted octanol–water partition coefficient (Wildman–Crippen LogP) is 4.38. The van der Waals surface area contributed by atoms with Crippen molar-refractivity contribution in [2.75, 3.05) is 36.4 Å². The topological polar surface area (TPSA) is 85.7 Å². The summed E-state index contributed by atoms with van der Waals surface area (Å²) in [6, 6.07) is 18.7. The lowest BCUT2D eigenvalue weighted by molar-refractivity contribution is 0.254. The van der Waals surface area contributed by atoms with Crippen LogP contribution in [0.1, 0.15) is 11.4 Å². The molecule has 1 fully saturated rings. The summed E-state index contributed by atoms with van der Waals surface area (Å²) in [6.45, 7) is 6.79. The highest BCUT2D eigenvalue weighted by Crippen LogP contribution is 2.17. The van der Waals surface area contributed by atoms with E-state index >= 15 is 0 Å². The zero-order chi connectivity index (χ0) is 23.2. The van der Waals surface area contributed by atoms with Gasteiger partial charge in [0.15, 0.2) is 0 Å². The number of aromatic nitrogens is 2. The zero-order valence-electron chi connectivity index (χ0n) is 18.6. The molecule has 1 aliphatic heterocycles. The summed E-state index contributed by atoms with van der Waals surface area (Å²) in [6.07, 6.45) is 0. The highest BCUT2D eigenvalue weighted by atomic mass is 35.5. The minimum Gasteiger partial charge on any atom is -0.368 e. The Bertz CT molecular complexity index is 1110. The summed E-state index contributed by atoms with van der Waals surface area (Å²) in [7, 11) is 0. The molecule has 0 spiro atoms. The number of halogens is 1. The standard InChI is InChI=1S/C24H26ClN7O/c1-17-16-18(2)27-22(26-17)29-23(30-24(33)28-20-10-8-19(25)9-11-20)32-14-12-31(13-15-32)21-6-4-3-5-7-21/h3-11,16H,12-15H2,1-2H3,(H2,26,27,28,29,30,33). The van der Waals surface area contributed by atoms with Crippen molar-refractivity contribution in [3.8, 4) is 0 Å². The number of amides is 2. The van der Waals surface area contributed by atoms with Gasteiger partial charge in [0.05, 0.1) is 0 Å². The molecular formula is C24H26ClN7O. The molecule has 1 saturated heterocycles. The fourth-order valence-corrected chi connectivity index (χ4v) is 3.77. The highest BCUT2D eigenvalue weighted by Gasteiger charge is 2.22. The van der Waals surface area contributed by atoms with E-state index in [1.54, 1.807) is 24.3 Å². The maximum atomic E-state index is 12.7. The first-order chi connectivity index (χ1) is 16.0. The quantitative estimate of drug-likeness (QED) is 0.444. The van der Waals surface area contributed by atoms with Gasteiger partial charge in [0, 0.05) is 54.0 Å². The number of aryl methyl sites for hydroxylation is 2. The highest BCUT2D eigenvalue weighted by molar-refractivity contribution is 6.30. The Balaban J connectivity index is 1.52. The van der Waals surface area contributed by atoms with Crippen molar-refractivity contribution in [3.05, 3.63) is 77.1 Å². The van der Waals surface area contributed by atoms with E-state index in [9.17, 15) is 4.79 Å². The molecule has 8 nitrogen and oxygen atoms in total. The Morgan fingerprint density at radius 3 is 2.21 bits per heavy atom. The minimum absolute atomic E-state index is 0.319. The molecule has 1 aliphatic rings. The molecule has 4 rings (SSSR count). The molecule has 2 heterocycles. The summed E-state index contributed by atoms with van der Waals surface area (Å²) < 4.78 is 0. The van der Waals surface area contributed by atoms with Crippen LogP contribution >= 0.6 is 11.6 Å². The van der Waals surface area contributed by atoms with Gasteiger partial charge in [-0.1, -0.05) is 29.8 Å². The number of aliphatic imine (C=N–C) groups is 1. The molecule has 0 aliphatic carbocycles. The lowest BCUT2D eigenvalue weighted by Gasteiger charge is -2.37. The van der Waals surface area contributed by atoms with Crippen LogP contribution < -0.4 is 15.5 Å². The molecule has 2 aromatic carbocycles. The number of urea groups is 1. The van der Waals surface area contributed by atoms with E-state index < -0.39 is 6.03 Å². The molecule has 0 unspecified atom stereocenters. The Morgan fingerprint density at radius 1 is 0.939 bits per heavy atom. The Morgan fingerprint density at radius 2 is 1.58 bits per heavy atom. The number of benzene rings is 2. The third-order valence-electron chi connectivity index (χ3n) is 5.20. The molecule has 1 aromatic heterocycles. The second-order valence-electron chi connectivity index (χ2n) is 7.78. The molecule has 3 aromatic rings. The fourth-order valence-electron chi connectivity index (χ4n) is 3.64. The van der Waals surface area contributed by atoms with E-state index in [1.807, 2.05) is 43.0 Å². The van der Waals surface area contributed by atoms with Crippen LogP contribution in [-0.4, -0.2) is 53.0 Å². The Hall–Kier alpha value is -3.65. The number of rotatable bonds is 3. The first kappa shape index (κ1) is 22.5. The number of para-hydroxylation sites is 1. The van der Waals surface area contributed by atoms with Gasteiger partial charge >= 0.3 is 6.03 Å². The van der Waals surface area contributed by atoms with Crippen LogP contribution in [-0.2, 0) is 0 Å². The molecule has 2 N–H and O–H groups in total. The third kappa shape index (κ3) is 6.20. The van der Waals surface area contributed by atoms with E-state index in [2.05, 4.69) is 42.6 Å². The van der Waals surface area contributed by atoms with Gasteiger partial charge < -0.3 is 15.1 Å². The van der Waals surface area contributed by atoms with Gasteiger partial charge in [0.25, 0.3) is 5.95 Å². The van der Waals surface area contributed by atoms with Crippen LogP contribution in [0.2, 0.25) is 5.02 Å². The fraction of sp³-hybridized carbons (Fsp3) is 0.250. The van der Waals surface area contributed by atoms with Gasteiger partial charge in [-0.2, -0.15) is 4.99 Å². The summed E-state index contributed by atoms with van der Waals surface area (Å²) in [5.41, 5.74) is 3.45. The van der Waals surface area contributed by atoms with Crippen LogP contribution in [0.25, 0.3) is 0 Å². The predicted molar refractivity (Wildman–Crippen MR) is 132 cm³/mol. The molecule has 170 valence electrons. The monoisotopic (exact) mass is 463 g/mol. The van der Waals surface area contributed by atoms with Crippen LogP contribution in [0.5, 0.6) is 0 Å². The third-order valence-corrected chi connectivity index (χ3v) is 5.46. The molecule has 2 amide bonds. The summed E-state index contributed by atoms with van der Waals surface area (Å²) in [5, 5.41) is 6.30. The number of hydrogen-bond donors (Lipinski definition) is 2. The van der Waals surface area contributed by atoms with Crippen LogP contribution in [0.15, 0.2) is 65.7 Å². The second kappa shape index (κ2) is 10.3. The van der Waals surface area contributed by atoms with Gasteiger partial charge in [0.1, 0.15) is 0 Å². The molecule has 0 atom stereocenters.